The van der Waals surface area contributed by atoms with Crippen molar-refractivity contribution in [3.05, 3.63) is 11.9 Å². The molecule has 0 unspecified atom stereocenters. The fourth-order valence-corrected chi connectivity index (χ4v) is 3.15. The van der Waals surface area contributed by atoms with E-state index in [1.165, 1.54) is 10.9 Å². The Balaban J connectivity index is 2.22. The third-order valence-corrected chi connectivity index (χ3v) is 4.30. The second-order valence-electron chi connectivity index (χ2n) is 7.63. The molecule has 1 aliphatic rings. The SMILES string of the molecule is CCOC(=O)c1cn([C@@H]2C[C@@H](C(=O)OCC)[C@@H](NC(=O)OC(C)(C)C)[C@H]2O)nn1. The van der Waals surface area contributed by atoms with Crippen molar-refractivity contribution in [3.63, 3.8) is 0 Å². The number of amides is 1. The predicted molar refractivity (Wildman–Crippen MR) is 98.9 cm³/mol. The maximum Gasteiger partial charge on any atom is 0.407 e. The monoisotopic (exact) mass is 412 g/mol. The number of aliphatic hydroxyl groups is 1. The van der Waals surface area contributed by atoms with Gasteiger partial charge in [-0.05, 0) is 41.0 Å². The molecule has 1 aromatic rings. The van der Waals surface area contributed by atoms with Crippen molar-refractivity contribution in [3.8, 4) is 0 Å². The minimum atomic E-state index is -1.19. The van der Waals surface area contributed by atoms with E-state index in [2.05, 4.69) is 15.6 Å². The Bertz CT molecular complexity index is 743. The van der Waals surface area contributed by atoms with Crippen LogP contribution in [0.2, 0.25) is 0 Å². The number of esters is 2. The molecule has 0 bridgehead atoms. The lowest BCUT2D eigenvalue weighted by molar-refractivity contribution is -0.148. The normalized spacial score (nSPS) is 24.1. The quantitative estimate of drug-likeness (QED) is 0.513. The summed E-state index contributed by atoms with van der Waals surface area (Å²) in [5, 5.41) is 21.0. The van der Waals surface area contributed by atoms with Crippen LogP contribution in [0.1, 0.15) is 57.6 Å². The molecule has 4 atom stereocenters. The molecule has 2 N–H and O–H groups in total. The van der Waals surface area contributed by atoms with Crippen LogP contribution in [0.4, 0.5) is 4.79 Å². The molecule has 11 nitrogen and oxygen atoms in total. The molecule has 1 fully saturated rings. The number of hydrogen-bond acceptors (Lipinski definition) is 9. The molecule has 1 heterocycles. The van der Waals surface area contributed by atoms with Crippen molar-refractivity contribution in [2.45, 2.75) is 64.8 Å². The maximum atomic E-state index is 12.4. The van der Waals surface area contributed by atoms with Gasteiger partial charge in [0.2, 0.25) is 0 Å². The molecule has 1 amide bonds. The molecule has 2 rings (SSSR count). The van der Waals surface area contributed by atoms with E-state index in [1.807, 2.05) is 0 Å². The molecule has 0 radical (unpaired) electrons. The Kier molecular flexibility index (Phi) is 7.17. The lowest BCUT2D eigenvalue weighted by atomic mass is 10.0. The summed E-state index contributed by atoms with van der Waals surface area (Å²) in [7, 11) is 0. The zero-order valence-corrected chi connectivity index (χ0v) is 17.2. The fourth-order valence-electron chi connectivity index (χ4n) is 3.15. The highest BCUT2D eigenvalue weighted by Gasteiger charge is 2.49. The van der Waals surface area contributed by atoms with Crippen molar-refractivity contribution in [1.29, 1.82) is 0 Å². The summed E-state index contributed by atoms with van der Waals surface area (Å²) in [5.41, 5.74) is -0.761. The summed E-state index contributed by atoms with van der Waals surface area (Å²) in [6.07, 6.45) is -0.480. The van der Waals surface area contributed by atoms with Gasteiger partial charge in [0, 0.05) is 0 Å². The summed E-state index contributed by atoms with van der Waals surface area (Å²) < 4.78 is 16.5. The van der Waals surface area contributed by atoms with Gasteiger partial charge in [-0.2, -0.15) is 0 Å². The minimum absolute atomic E-state index is 0.0183. The highest BCUT2D eigenvalue weighted by Crippen LogP contribution is 2.36. The van der Waals surface area contributed by atoms with E-state index in [1.54, 1.807) is 34.6 Å². The number of hydrogen-bond donors (Lipinski definition) is 2. The lowest BCUT2D eigenvalue weighted by Crippen LogP contribution is -2.48. The lowest BCUT2D eigenvalue weighted by Gasteiger charge is -2.26. The second kappa shape index (κ2) is 9.21. The summed E-state index contributed by atoms with van der Waals surface area (Å²) in [6, 6.07) is -1.66. The smallest absolute Gasteiger partial charge is 0.407 e. The summed E-state index contributed by atoms with van der Waals surface area (Å²) in [6.45, 7) is 8.79. The largest absolute Gasteiger partial charge is 0.466 e. The molecular weight excluding hydrogens is 384 g/mol. The van der Waals surface area contributed by atoms with Crippen LogP contribution in [0.3, 0.4) is 0 Å². The van der Waals surface area contributed by atoms with Crippen LogP contribution in [0.15, 0.2) is 6.20 Å². The average Bonchev–Trinajstić information content (AvgIpc) is 3.20. The van der Waals surface area contributed by atoms with Gasteiger partial charge in [-0.25, -0.2) is 14.3 Å². The maximum absolute atomic E-state index is 12.4. The van der Waals surface area contributed by atoms with Gasteiger partial charge >= 0.3 is 18.0 Å². The number of aromatic nitrogens is 3. The summed E-state index contributed by atoms with van der Waals surface area (Å²) in [4.78, 5) is 36.4. The number of rotatable bonds is 6. The predicted octanol–water partition coefficient (Wildman–Crippen LogP) is 0.833. The molecular formula is C18H28N4O7. The summed E-state index contributed by atoms with van der Waals surface area (Å²) >= 11 is 0. The minimum Gasteiger partial charge on any atom is -0.466 e. The van der Waals surface area contributed by atoms with Gasteiger partial charge in [0.05, 0.1) is 43.5 Å². The Labute approximate surface area is 168 Å². The van der Waals surface area contributed by atoms with Gasteiger partial charge in [0.15, 0.2) is 5.69 Å². The van der Waals surface area contributed by atoms with Crippen LogP contribution in [-0.2, 0) is 19.0 Å². The molecule has 29 heavy (non-hydrogen) atoms. The van der Waals surface area contributed by atoms with Crippen LogP contribution in [-0.4, -0.2) is 69.1 Å². The van der Waals surface area contributed by atoms with Gasteiger partial charge in [-0.15, -0.1) is 5.10 Å². The molecule has 1 aromatic heterocycles. The van der Waals surface area contributed by atoms with Gasteiger partial charge in [-0.3, -0.25) is 4.79 Å². The number of nitrogens with zero attached hydrogens (tertiary/aromatic N) is 3. The Morgan fingerprint density at radius 2 is 1.90 bits per heavy atom. The molecule has 1 saturated carbocycles. The van der Waals surface area contributed by atoms with Crippen molar-refractivity contribution in [1.82, 2.24) is 20.3 Å². The van der Waals surface area contributed by atoms with Crippen LogP contribution >= 0.6 is 0 Å². The molecule has 162 valence electrons. The number of alkyl carbamates (subject to hydrolysis) is 1. The van der Waals surface area contributed by atoms with Gasteiger partial charge < -0.3 is 24.6 Å². The number of ether oxygens (including phenoxy) is 3. The third-order valence-electron chi connectivity index (χ3n) is 4.30. The highest BCUT2D eigenvalue weighted by molar-refractivity contribution is 5.86. The molecule has 0 spiro atoms. The van der Waals surface area contributed by atoms with E-state index in [0.29, 0.717) is 0 Å². The molecule has 1 aliphatic carbocycles. The van der Waals surface area contributed by atoms with E-state index in [0.717, 1.165) is 0 Å². The van der Waals surface area contributed by atoms with Crippen LogP contribution in [0.5, 0.6) is 0 Å². The number of carbonyl (C=O) groups excluding carboxylic acids is 3. The number of carbonyl (C=O) groups is 3. The topological polar surface area (TPSA) is 142 Å². The molecule has 0 aromatic carbocycles. The fraction of sp³-hybridized carbons (Fsp3) is 0.722. The first-order valence-corrected chi connectivity index (χ1v) is 9.50. The highest BCUT2D eigenvalue weighted by atomic mass is 16.6. The van der Waals surface area contributed by atoms with Crippen LogP contribution < -0.4 is 5.32 Å². The Morgan fingerprint density at radius 1 is 1.24 bits per heavy atom. The zero-order valence-electron chi connectivity index (χ0n) is 17.2. The zero-order chi connectivity index (χ0) is 21.8. The van der Waals surface area contributed by atoms with E-state index >= 15 is 0 Å². The van der Waals surface area contributed by atoms with Crippen molar-refractivity contribution < 1.29 is 33.7 Å². The molecule has 0 saturated heterocycles. The van der Waals surface area contributed by atoms with Crippen molar-refractivity contribution in [2.24, 2.45) is 5.92 Å². The third kappa shape index (κ3) is 5.66. The van der Waals surface area contributed by atoms with E-state index in [-0.39, 0.29) is 25.3 Å². The van der Waals surface area contributed by atoms with Crippen LogP contribution in [0.25, 0.3) is 0 Å². The Hall–Kier alpha value is -2.69. The number of nitrogens with one attached hydrogen (secondary N) is 1. The van der Waals surface area contributed by atoms with E-state index < -0.39 is 47.7 Å². The van der Waals surface area contributed by atoms with E-state index in [4.69, 9.17) is 14.2 Å². The van der Waals surface area contributed by atoms with Crippen molar-refractivity contribution >= 4 is 18.0 Å². The van der Waals surface area contributed by atoms with Crippen LogP contribution in [0, 0.1) is 5.92 Å². The number of aliphatic hydroxyl groups excluding tert-OH is 1. The average molecular weight is 412 g/mol. The standard InChI is InChI=1S/C18H28N4O7/c1-6-27-15(24)10-8-12(22-9-11(20-21-22)16(25)28-7-2)14(23)13(10)19-17(26)29-18(3,4)5/h9-10,12-14,23H,6-8H2,1-5H3,(H,19,26)/t10-,12-,13-,14+/m1/s1. The first-order valence-electron chi connectivity index (χ1n) is 9.50. The first kappa shape index (κ1) is 22.6. The van der Waals surface area contributed by atoms with E-state index in [9.17, 15) is 19.5 Å². The first-order chi connectivity index (χ1) is 13.6. The summed E-state index contributed by atoms with van der Waals surface area (Å²) in [5.74, 6) is -2.02. The second-order valence-corrected chi connectivity index (χ2v) is 7.63. The van der Waals surface area contributed by atoms with Gasteiger partial charge in [0.25, 0.3) is 0 Å². The Morgan fingerprint density at radius 3 is 2.48 bits per heavy atom. The molecule has 0 aliphatic heterocycles. The van der Waals surface area contributed by atoms with Crippen molar-refractivity contribution in [2.75, 3.05) is 13.2 Å². The molecule has 11 heteroatoms. The van der Waals surface area contributed by atoms with Gasteiger partial charge in [0.1, 0.15) is 5.60 Å². The van der Waals surface area contributed by atoms with Gasteiger partial charge in [-0.1, -0.05) is 5.21 Å².